The summed E-state index contributed by atoms with van der Waals surface area (Å²) in [6.45, 7) is 2.69. The number of anilines is 1. The van der Waals surface area contributed by atoms with Crippen LogP contribution in [0.15, 0.2) is 40.7 Å². The highest BCUT2D eigenvalue weighted by Crippen LogP contribution is 2.30. The van der Waals surface area contributed by atoms with Crippen molar-refractivity contribution < 1.29 is 9.47 Å². The van der Waals surface area contributed by atoms with Gasteiger partial charge in [0.1, 0.15) is 11.5 Å². The molecule has 0 saturated carbocycles. The van der Waals surface area contributed by atoms with Gasteiger partial charge in [-0.25, -0.2) is 0 Å². The van der Waals surface area contributed by atoms with Crippen molar-refractivity contribution in [1.29, 1.82) is 0 Å². The van der Waals surface area contributed by atoms with Crippen LogP contribution in [-0.2, 0) is 6.54 Å². The van der Waals surface area contributed by atoms with E-state index in [1.165, 1.54) is 4.88 Å². The van der Waals surface area contributed by atoms with Crippen LogP contribution >= 0.6 is 11.3 Å². The first-order valence-electron chi connectivity index (χ1n) is 8.69. The molecule has 1 aromatic heterocycles. The average Bonchev–Trinajstić information content (AvgIpc) is 3.36. The number of benzene rings is 1. The van der Waals surface area contributed by atoms with Crippen molar-refractivity contribution in [2.75, 3.05) is 39.3 Å². The molecule has 2 aromatic rings. The van der Waals surface area contributed by atoms with Crippen molar-refractivity contribution in [1.82, 2.24) is 10.6 Å². The van der Waals surface area contributed by atoms with E-state index in [9.17, 15) is 0 Å². The normalized spacial score (nSPS) is 17.3. The number of thiophene rings is 1. The summed E-state index contributed by atoms with van der Waals surface area (Å²) < 4.78 is 10.8. The van der Waals surface area contributed by atoms with Crippen LogP contribution in [0.5, 0.6) is 11.5 Å². The van der Waals surface area contributed by atoms with Gasteiger partial charge in [0.2, 0.25) is 0 Å². The molecule has 2 N–H and O–H groups in total. The molecule has 1 unspecified atom stereocenters. The summed E-state index contributed by atoms with van der Waals surface area (Å²) in [6.07, 6.45) is 1.05. The maximum atomic E-state index is 5.38. The molecule has 26 heavy (non-hydrogen) atoms. The Morgan fingerprint density at radius 3 is 2.65 bits per heavy atom. The minimum absolute atomic E-state index is 0.349. The SMILES string of the molecule is CN=C(NCc1cccs1)NC1CCN(c2cc(OC)cc(OC)c2)C1. The van der Waals surface area contributed by atoms with Gasteiger partial charge in [-0.2, -0.15) is 0 Å². The summed E-state index contributed by atoms with van der Waals surface area (Å²) >= 11 is 1.75. The molecule has 140 valence electrons. The van der Waals surface area contributed by atoms with Crippen LogP contribution in [0.2, 0.25) is 0 Å². The Labute approximate surface area is 158 Å². The van der Waals surface area contributed by atoms with Gasteiger partial charge in [-0.05, 0) is 17.9 Å². The number of guanidine groups is 1. The highest BCUT2D eigenvalue weighted by Gasteiger charge is 2.24. The van der Waals surface area contributed by atoms with Crippen molar-refractivity contribution in [2.45, 2.75) is 19.0 Å². The third kappa shape index (κ3) is 4.60. The number of aliphatic imine (C=N–C) groups is 1. The monoisotopic (exact) mass is 374 g/mol. The second kappa shape index (κ2) is 8.80. The van der Waals surface area contributed by atoms with Crippen molar-refractivity contribution in [2.24, 2.45) is 4.99 Å². The zero-order chi connectivity index (χ0) is 18.4. The first kappa shape index (κ1) is 18.4. The molecular formula is C19H26N4O2S. The molecule has 3 rings (SSSR count). The van der Waals surface area contributed by atoms with Gasteiger partial charge in [-0.3, -0.25) is 4.99 Å². The molecule has 0 amide bonds. The fourth-order valence-electron chi connectivity index (χ4n) is 3.06. The van der Waals surface area contributed by atoms with E-state index in [0.29, 0.717) is 6.04 Å². The summed E-state index contributed by atoms with van der Waals surface area (Å²) in [5.41, 5.74) is 1.12. The average molecular weight is 375 g/mol. The molecule has 0 radical (unpaired) electrons. The predicted molar refractivity (Wildman–Crippen MR) is 108 cm³/mol. The quantitative estimate of drug-likeness (QED) is 0.601. The number of nitrogens with zero attached hydrogens (tertiary/aromatic N) is 2. The Kier molecular flexibility index (Phi) is 6.22. The zero-order valence-electron chi connectivity index (χ0n) is 15.5. The Morgan fingerprint density at radius 2 is 2.04 bits per heavy atom. The van der Waals surface area contributed by atoms with E-state index < -0.39 is 0 Å². The highest BCUT2D eigenvalue weighted by atomic mass is 32.1. The molecule has 1 aliphatic rings. The molecule has 1 fully saturated rings. The molecule has 7 heteroatoms. The van der Waals surface area contributed by atoms with Crippen molar-refractivity contribution >= 4 is 23.0 Å². The molecule has 0 bridgehead atoms. The minimum Gasteiger partial charge on any atom is -0.497 e. The number of rotatable bonds is 6. The third-order valence-electron chi connectivity index (χ3n) is 4.46. The molecule has 2 heterocycles. The van der Waals surface area contributed by atoms with Crippen LogP contribution in [0.1, 0.15) is 11.3 Å². The molecule has 1 aromatic carbocycles. The summed E-state index contributed by atoms with van der Waals surface area (Å²) in [5, 5.41) is 8.99. The van der Waals surface area contributed by atoms with Crippen LogP contribution in [-0.4, -0.2) is 46.4 Å². The molecule has 1 saturated heterocycles. The lowest BCUT2D eigenvalue weighted by Crippen LogP contribution is -2.44. The van der Waals surface area contributed by atoms with Gasteiger partial charge >= 0.3 is 0 Å². The summed E-state index contributed by atoms with van der Waals surface area (Å²) in [6, 6.07) is 10.5. The summed E-state index contributed by atoms with van der Waals surface area (Å²) in [7, 11) is 5.16. The van der Waals surface area contributed by atoms with E-state index in [4.69, 9.17) is 9.47 Å². The van der Waals surface area contributed by atoms with Gasteiger partial charge in [-0.1, -0.05) is 6.07 Å². The van der Waals surface area contributed by atoms with Gasteiger partial charge in [0.15, 0.2) is 5.96 Å². The Hall–Kier alpha value is -2.41. The standard InChI is InChI=1S/C19H26N4O2S/c1-20-19(21-12-18-5-4-8-26-18)22-14-6-7-23(13-14)15-9-16(24-2)11-17(10-15)25-3/h4-5,8-11,14H,6-7,12-13H2,1-3H3,(H2,20,21,22). The van der Waals surface area contributed by atoms with Crippen molar-refractivity contribution in [3.05, 3.63) is 40.6 Å². The lowest BCUT2D eigenvalue weighted by atomic mass is 10.2. The topological polar surface area (TPSA) is 58.1 Å². The van der Waals surface area contributed by atoms with E-state index in [1.807, 2.05) is 13.1 Å². The third-order valence-corrected chi connectivity index (χ3v) is 5.34. The highest BCUT2D eigenvalue weighted by molar-refractivity contribution is 7.09. The Morgan fingerprint density at radius 1 is 1.27 bits per heavy atom. The van der Waals surface area contributed by atoms with E-state index in [0.717, 1.165) is 49.2 Å². The smallest absolute Gasteiger partial charge is 0.191 e. The fourth-order valence-corrected chi connectivity index (χ4v) is 3.70. The molecule has 1 aliphatic heterocycles. The number of nitrogens with one attached hydrogen (secondary N) is 2. The van der Waals surface area contributed by atoms with E-state index >= 15 is 0 Å². The molecule has 0 aliphatic carbocycles. The Bertz CT molecular complexity index is 711. The zero-order valence-corrected chi connectivity index (χ0v) is 16.3. The van der Waals surface area contributed by atoms with Gasteiger partial charge in [0.05, 0.1) is 20.8 Å². The second-order valence-electron chi connectivity index (χ2n) is 6.15. The first-order valence-corrected chi connectivity index (χ1v) is 9.57. The van der Waals surface area contributed by atoms with Crippen LogP contribution < -0.4 is 25.0 Å². The fraction of sp³-hybridized carbons (Fsp3) is 0.421. The van der Waals surface area contributed by atoms with Gasteiger partial charge in [-0.15, -0.1) is 11.3 Å². The first-order chi connectivity index (χ1) is 12.7. The minimum atomic E-state index is 0.349. The summed E-state index contributed by atoms with van der Waals surface area (Å²) in [4.78, 5) is 7.98. The molecule has 1 atom stereocenters. The van der Waals surface area contributed by atoms with Crippen molar-refractivity contribution in [3.63, 3.8) is 0 Å². The molecular weight excluding hydrogens is 348 g/mol. The largest absolute Gasteiger partial charge is 0.497 e. The Balaban J connectivity index is 1.57. The maximum absolute atomic E-state index is 5.38. The van der Waals surface area contributed by atoms with Crippen LogP contribution in [0.3, 0.4) is 0 Å². The van der Waals surface area contributed by atoms with E-state index in [2.05, 4.69) is 50.2 Å². The van der Waals surface area contributed by atoms with Crippen LogP contribution in [0.25, 0.3) is 0 Å². The maximum Gasteiger partial charge on any atom is 0.191 e. The van der Waals surface area contributed by atoms with E-state index in [1.54, 1.807) is 25.6 Å². The lowest BCUT2D eigenvalue weighted by Gasteiger charge is -2.21. The number of methoxy groups -OCH3 is 2. The van der Waals surface area contributed by atoms with Gasteiger partial charge in [0, 0.05) is 54.9 Å². The number of hydrogen-bond acceptors (Lipinski definition) is 5. The van der Waals surface area contributed by atoms with Gasteiger partial charge in [0.25, 0.3) is 0 Å². The van der Waals surface area contributed by atoms with Crippen LogP contribution in [0, 0.1) is 0 Å². The number of ether oxygens (including phenoxy) is 2. The van der Waals surface area contributed by atoms with Gasteiger partial charge < -0.3 is 25.0 Å². The molecule has 6 nitrogen and oxygen atoms in total. The summed E-state index contributed by atoms with van der Waals surface area (Å²) in [5.74, 6) is 2.46. The van der Waals surface area contributed by atoms with Crippen LogP contribution in [0.4, 0.5) is 5.69 Å². The number of hydrogen-bond donors (Lipinski definition) is 2. The molecule has 0 spiro atoms. The lowest BCUT2D eigenvalue weighted by molar-refractivity contribution is 0.394. The van der Waals surface area contributed by atoms with Crippen molar-refractivity contribution in [3.8, 4) is 11.5 Å². The van der Waals surface area contributed by atoms with E-state index in [-0.39, 0.29) is 0 Å². The second-order valence-corrected chi connectivity index (χ2v) is 7.18. The predicted octanol–water partition coefficient (Wildman–Crippen LogP) is 2.71.